The average molecular weight is 749 g/mol. The molecule has 6 aliphatic rings. The van der Waals surface area contributed by atoms with Gasteiger partial charge in [-0.3, -0.25) is 0 Å². The highest BCUT2D eigenvalue weighted by molar-refractivity contribution is 5.83. The van der Waals surface area contributed by atoms with Gasteiger partial charge in [0.05, 0.1) is 11.7 Å². The Morgan fingerprint density at radius 2 is 1.43 bits per heavy atom. The van der Waals surface area contributed by atoms with Crippen LogP contribution in [-0.4, -0.2) is 6.04 Å². The van der Waals surface area contributed by atoms with Crippen molar-refractivity contribution in [3.8, 4) is 11.1 Å². The largest absolute Gasteiger partial charge is 0.334 e. The lowest BCUT2D eigenvalue weighted by Crippen LogP contribution is -2.36. The maximum atomic E-state index is 4.32. The molecule has 0 amide bonds. The van der Waals surface area contributed by atoms with Crippen LogP contribution in [0.5, 0.6) is 0 Å². The van der Waals surface area contributed by atoms with E-state index in [0.29, 0.717) is 11.8 Å². The fourth-order valence-corrected chi connectivity index (χ4v) is 9.75. The molecule has 2 heteroatoms. The Hall–Kier alpha value is -6.64. The van der Waals surface area contributed by atoms with Gasteiger partial charge in [0, 0.05) is 34.3 Å². The average Bonchev–Trinajstić information content (AvgIpc) is 3.28. The molecule has 0 spiro atoms. The van der Waals surface area contributed by atoms with Crippen molar-refractivity contribution in [2.45, 2.75) is 44.1 Å². The number of fused-ring (bicyclic) bond motifs is 1. The van der Waals surface area contributed by atoms with Crippen molar-refractivity contribution >= 4 is 28.8 Å². The zero-order chi connectivity index (χ0) is 39.0. The molecule has 3 unspecified atom stereocenters. The second kappa shape index (κ2) is 15.4. The molecule has 2 nitrogen and oxygen atoms in total. The van der Waals surface area contributed by atoms with Gasteiger partial charge in [-0.25, -0.2) is 0 Å². The Labute approximate surface area is 343 Å². The predicted molar refractivity (Wildman–Crippen MR) is 247 cm³/mol. The number of nitrogens with zero attached hydrogens (tertiary/aromatic N) is 2. The summed E-state index contributed by atoms with van der Waals surface area (Å²) in [6.07, 6.45) is 41.1. The van der Waals surface area contributed by atoms with E-state index in [0.717, 1.165) is 49.2 Å². The molecule has 10 rings (SSSR count). The normalized spacial score (nSPS) is 19.9. The van der Waals surface area contributed by atoms with Gasteiger partial charge in [0.1, 0.15) is 0 Å². The lowest BCUT2D eigenvalue weighted by Gasteiger charge is -2.42. The summed E-state index contributed by atoms with van der Waals surface area (Å²) in [6, 6.07) is 33.9. The molecule has 0 aromatic heterocycles. The van der Waals surface area contributed by atoms with Gasteiger partial charge in [-0.2, -0.15) is 0 Å². The first kappa shape index (κ1) is 35.8. The fraction of sp³-hybridized carbons (Fsp3) is 0.143. The molecule has 58 heavy (non-hydrogen) atoms. The zero-order valence-electron chi connectivity index (χ0n) is 33.0. The molecule has 3 atom stereocenters. The second-order valence-electron chi connectivity index (χ2n) is 16.0. The standard InChI is InChI=1S/C56H48N2/c1-3-15-47(4-2)57(54-38-46-22-13-19-42-26-27-43-20-14-25-51(54)56(43)55(42)46)49-32-28-39(29-33-49)40-30-34-50(35-31-40)58(48-23-10-7-11-24-48)53-37-44-21-12-18-41-16-8-5-6-9-17-45(53)36-52(41)44/h3-14,19,21-38,41,47,55H,1-2,15-18,20H2. The highest BCUT2D eigenvalue weighted by atomic mass is 15.2. The van der Waals surface area contributed by atoms with E-state index in [1.165, 1.54) is 67.1 Å². The third-order valence-electron chi connectivity index (χ3n) is 12.6. The second-order valence-corrected chi connectivity index (χ2v) is 16.0. The molecule has 4 aromatic carbocycles. The first-order valence-electron chi connectivity index (χ1n) is 20.8. The minimum atomic E-state index is 0.0493. The molecule has 0 saturated carbocycles. The quantitative estimate of drug-likeness (QED) is 0.149. The number of para-hydroxylation sites is 1. The molecule has 6 aliphatic carbocycles. The van der Waals surface area contributed by atoms with Crippen LogP contribution in [0.2, 0.25) is 0 Å². The Balaban J connectivity index is 1.01. The Bertz CT molecular complexity index is 2610. The first-order valence-corrected chi connectivity index (χ1v) is 20.8. The summed E-state index contributed by atoms with van der Waals surface area (Å²) in [7, 11) is 0. The summed E-state index contributed by atoms with van der Waals surface area (Å²) in [4.78, 5) is 4.91. The van der Waals surface area contributed by atoms with Gasteiger partial charge in [0.2, 0.25) is 0 Å². The van der Waals surface area contributed by atoms with Crippen molar-refractivity contribution in [2.75, 3.05) is 9.80 Å². The summed E-state index contributed by atoms with van der Waals surface area (Å²) in [5.74, 6) is 0.823. The first-order chi connectivity index (χ1) is 28.7. The van der Waals surface area contributed by atoms with Crippen molar-refractivity contribution in [3.63, 3.8) is 0 Å². The third kappa shape index (κ3) is 6.39. The Morgan fingerprint density at radius 1 is 0.672 bits per heavy atom. The summed E-state index contributed by atoms with van der Waals surface area (Å²) in [6.45, 7) is 8.45. The van der Waals surface area contributed by atoms with E-state index in [4.69, 9.17) is 0 Å². The maximum absolute atomic E-state index is 4.32. The molecule has 0 saturated heterocycles. The summed E-state index contributed by atoms with van der Waals surface area (Å²) < 4.78 is 0. The molecule has 2 bridgehead atoms. The summed E-state index contributed by atoms with van der Waals surface area (Å²) >= 11 is 0. The van der Waals surface area contributed by atoms with E-state index in [1.54, 1.807) is 0 Å². The highest BCUT2D eigenvalue weighted by Crippen LogP contribution is 2.50. The molecule has 282 valence electrons. The van der Waals surface area contributed by atoms with Crippen LogP contribution in [0.25, 0.3) is 17.2 Å². The van der Waals surface area contributed by atoms with Gasteiger partial charge < -0.3 is 9.80 Å². The summed E-state index contributed by atoms with van der Waals surface area (Å²) in [5.41, 5.74) is 19.3. The minimum Gasteiger partial charge on any atom is -0.334 e. The number of hydrogen-bond donors (Lipinski definition) is 0. The molecular weight excluding hydrogens is 701 g/mol. The van der Waals surface area contributed by atoms with Crippen LogP contribution in [0.3, 0.4) is 0 Å². The Kier molecular flexibility index (Phi) is 9.47. The van der Waals surface area contributed by atoms with Crippen molar-refractivity contribution in [3.05, 3.63) is 246 Å². The van der Waals surface area contributed by atoms with E-state index in [9.17, 15) is 0 Å². The third-order valence-corrected chi connectivity index (χ3v) is 12.6. The van der Waals surface area contributed by atoms with Crippen LogP contribution in [0.1, 0.15) is 48.3 Å². The van der Waals surface area contributed by atoms with Gasteiger partial charge >= 0.3 is 0 Å². The molecule has 0 radical (unpaired) electrons. The van der Waals surface area contributed by atoms with E-state index in [-0.39, 0.29) is 6.04 Å². The molecule has 0 aliphatic heterocycles. The SMILES string of the molecule is C=CCC(C=C)N(C1=CC2=CC=CC3=CC=C4CC=CC1=C4C32)c1ccc(-c2ccc(N(c3ccccc3)c3cc4c5cc3CC=CC=CCC5CC=C4)cc2)cc1. The topological polar surface area (TPSA) is 6.48 Å². The fourth-order valence-electron chi connectivity index (χ4n) is 9.75. The molecular formula is C56H48N2. The van der Waals surface area contributed by atoms with Crippen molar-refractivity contribution in [1.82, 2.24) is 0 Å². The lowest BCUT2D eigenvalue weighted by atomic mass is 9.68. The molecule has 0 heterocycles. The van der Waals surface area contributed by atoms with E-state index in [1.807, 2.05) is 6.08 Å². The number of anilines is 4. The molecule has 0 fully saturated rings. The smallest absolute Gasteiger partial charge is 0.0554 e. The Morgan fingerprint density at radius 3 is 2.22 bits per heavy atom. The van der Waals surface area contributed by atoms with E-state index >= 15 is 0 Å². The van der Waals surface area contributed by atoms with Crippen LogP contribution in [0.15, 0.2) is 229 Å². The van der Waals surface area contributed by atoms with Gasteiger partial charge in [-0.1, -0.05) is 140 Å². The van der Waals surface area contributed by atoms with Crippen molar-refractivity contribution in [2.24, 2.45) is 5.92 Å². The number of hydrogen-bond acceptors (Lipinski definition) is 2. The van der Waals surface area contributed by atoms with Gasteiger partial charge in [0.15, 0.2) is 0 Å². The number of rotatable bonds is 10. The van der Waals surface area contributed by atoms with Crippen LogP contribution in [0, 0.1) is 5.92 Å². The minimum absolute atomic E-state index is 0.0493. The van der Waals surface area contributed by atoms with Crippen LogP contribution >= 0.6 is 0 Å². The van der Waals surface area contributed by atoms with Crippen LogP contribution in [-0.2, 0) is 6.42 Å². The molecule has 0 N–H and O–H groups in total. The van der Waals surface area contributed by atoms with Crippen molar-refractivity contribution < 1.29 is 0 Å². The number of allylic oxidation sites excluding steroid dienone is 17. The maximum Gasteiger partial charge on any atom is 0.0554 e. The highest BCUT2D eigenvalue weighted by Gasteiger charge is 2.37. The molecule has 4 aromatic rings. The monoisotopic (exact) mass is 748 g/mol. The predicted octanol–water partition coefficient (Wildman–Crippen LogP) is 14.5. The van der Waals surface area contributed by atoms with Crippen molar-refractivity contribution in [1.29, 1.82) is 0 Å². The van der Waals surface area contributed by atoms with E-state index in [2.05, 4.69) is 205 Å². The van der Waals surface area contributed by atoms with E-state index < -0.39 is 0 Å². The van der Waals surface area contributed by atoms with Gasteiger partial charge in [0.25, 0.3) is 0 Å². The number of benzene rings is 4. The lowest BCUT2D eigenvalue weighted by molar-refractivity contribution is 0.703. The van der Waals surface area contributed by atoms with Crippen LogP contribution in [0.4, 0.5) is 22.7 Å². The van der Waals surface area contributed by atoms with Gasteiger partial charge in [-0.15, -0.1) is 13.2 Å². The van der Waals surface area contributed by atoms with Gasteiger partial charge in [-0.05, 0) is 137 Å². The summed E-state index contributed by atoms with van der Waals surface area (Å²) in [5, 5.41) is 0. The zero-order valence-corrected chi connectivity index (χ0v) is 33.0. The van der Waals surface area contributed by atoms with Crippen LogP contribution < -0.4 is 9.80 Å².